The maximum absolute atomic E-state index is 14.3. The number of halogens is 10. The van der Waals surface area contributed by atoms with Gasteiger partial charge in [0.15, 0.2) is 46.5 Å². The quantitative estimate of drug-likeness (QED) is 0.0845. The molecule has 2 heterocycles. The molecule has 0 bridgehead atoms. The van der Waals surface area contributed by atoms with Crippen molar-refractivity contribution < 1.29 is 53.5 Å². The molecule has 0 saturated carbocycles. The summed E-state index contributed by atoms with van der Waals surface area (Å²) in [6, 6.07) is 8.35. The number of hydrogen-bond acceptors (Lipinski definition) is 4. The summed E-state index contributed by atoms with van der Waals surface area (Å²) in [7, 11) is 0. The Morgan fingerprint density at radius 2 is 0.714 bits per heavy atom. The molecule has 0 spiro atoms. The molecule has 2 nitrogen and oxygen atoms in total. The highest BCUT2D eigenvalue weighted by atomic mass is 32.1. The molecule has 0 aliphatic heterocycles. The molecule has 0 radical (unpaired) electrons. The summed E-state index contributed by atoms with van der Waals surface area (Å²) >= 11 is 1.38. The van der Waals surface area contributed by atoms with Crippen molar-refractivity contribution >= 4 is 65.2 Å². The van der Waals surface area contributed by atoms with Crippen LogP contribution in [-0.2, 0) is 0 Å². The molecule has 0 amide bonds. The van der Waals surface area contributed by atoms with Crippen LogP contribution in [0.15, 0.2) is 36.4 Å². The maximum atomic E-state index is 14.3. The Kier molecular flexibility index (Phi) is 6.38. The van der Waals surface area contributed by atoms with Gasteiger partial charge >= 0.3 is 0 Å². The lowest BCUT2D eigenvalue weighted by Crippen LogP contribution is -2.12. The Morgan fingerprint density at radius 1 is 0.429 bits per heavy atom. The Balaban J connectivity index is 1.48. The molecule has 0 aliphatic carbocycles. The van der Waals surface area contributed by atoms with Crippen molar-refractivity contribution in [1.29, 1.82) is 0 Å². The summed E-state index contributed by atoms with van der Waals surface area (Å²) in [5, 5.41) is 1.54. The number of thiophene rings is 2. The molecule has 6 aromatic rings. The zero-order chi connectivity index (χ0) is 30.4. The summed E-state index contributed by atoms with van der Waals surface area (Å²) in [5.41, 5.74) is -3.25. The Bertz CT molecular complexity index is 1990. The summed E-state index contributed by atoms with van der Waals surface area (Å²) in [6.45, 7) is 0. The standard InChI is InChI=1S/C28H6F10O2S2/c29-15-13(16(30)20(34)23(37)19(15)33)25(39)11-5-7-1-3-9-10(27(7)41-11)4-2-8-6-12(42-28(8)9)26(40)14-17(31)21(35)24(38)22(36)18(14)32/h1-6H. The summed E-state index contributed by atoms with van der Waals surface area (Å²) in [5.74, 6) is -26.0. The molecule has 0 unspecified atom stereocenters. The van der Waals surface area contributed by atoms with Crippen LogP contribution in [0, 0.1) is 58.2 Å². The van der Waals surface area contributed by atoms with Gasteiger partial charge in [-0.3, -0.25) is 9.59 Å². The SMILES string of the molecule is O=C(c1cc2ccc3c(ccc4cc(C(=O)c5c(F)c(F)c(F)c(F)c5F)sc43)c2s1)c1c(F)c(F)c(F)c(F)c1F. The monoisotopic (exact) mass is 628 g/mol. The van der Waals surface area contributed by atoms with E-state index in [1.807, 2.05) is 0 Å². The number of hydrogen-bond donors (Lipinski definition) is 0. The molecular weight excluding hydrogens is 622 g/mol. The van der Waals surface area contributed by atoms with Crippen LogP contribution in [-0.4, -0.2) is 11.6 Å². The Morgan fingerprint density at radius 3 is 1.02 bits per heavy atom. The first-order chi connectivity index (χ1) is 19.8. The number of fused-ring (bicyclic) bond motifs is 5. The van der Waals surface area contributed by atoms with Crippen LogP contribution in [0.1, 0.15) is 30.5 Å². The fraction of sp³-hybridized carbons (Fsp3) is 0. The molecular formula is C28H6F10O2S2. The van der Waals surface area contributed by atoms with E-state index in [2.05, 4.69) is 0 Å². The minimum absolute atomic E-state index is 0.350. The van der Waals surface area contributed by atoms with Gasteiger partial charge in [-0.1, -0.05) is 24.3 Å². The van der Waals surface area contributed by atoms with E-state index in [0.717, 1.165) is 0 Å². The van der Waals surface area contributed by atoms with Gasteiger partial charge < -0.3 is 0 Å². The van der Waals surface area contributed by atoms with Gasteiger partial charge in [-0.05, 0) is 22.9 Å². The van der Waals surface area contributed by atoms with E-state index in [4.69, 9.17) is 0 Å². The third-order valence-electron chi connectivity index (χ3n) is 6.48. The predicted octanol–water partition coefficient (Wildman–Crippen LogP) is 9.12. The minimum Gasteiger partial charge on any atom is -0.287 e. The average molecular weight is 628 g/mol. The first kappa shape index (κ1) is 27.8. The topological polar surface area (TPSA) is 34.1 Å². The number of rotatable bonds is 4. The van der Waals surface area contributed by atoms with Gasteiger partial charge in [0.25, 0.3) is 0 Å². The molecule has 42 heavy (non-hydrogen) atoms. The van der Waals surface area contributed by atoms with Crippen molar-refractivity contribution in [3.8, 4) is 0 Å². The zero-order valence-electron chi connectivity index (χ0n) is 19.9. The molecule has 0 fully saturated rings. The van der Waals surface area contributed by atoms with E-state index in [0.29, 0.717) is 53.6 Å². The van der Waals surface area contributed by atoms with Crippen molar-refractivity contribution in [2.45, 2.75) is 0 Å². The van der Waals surface area contributed by atoms with Crippen LogP contribution in [0.3, 0.4) is 0 Å². The summed E-state index contributed by atoms with van der Waals surface area (Å²) < 4.78 is 139. The highest BCUT2D eigenvalue weighted by molar-refractivity contribution is 7.23. The van der Waals surface area contributed by atoms with Gasteiger partial charge in [-0.15, -0.1) is 22.7 Å². The predicted molar refractivity (Wildman–Crippen MR) is 134 cm³/mol. The molecule has 4 aromatic carbocycles. The lowest BCUT2D eigenvalue weighted by atomic mass is 10.0. The van der Waals surface area contributed by atoms with Gasteiger partial charge in [0.1, 0.15) is 11.1 Å². The van der Waals surface area contributed by atoms with Crippen LogP contribution in [0.4, 0.5) is 43.9 Å². The van der Waals surface area contributed by atoms with E-state index in [1.165, 1.54) is 36.4 Å². The number of ketones is 2. The van der Waals surface area contributed by atoms with Crippen LogP contribution in [0.2, 0.25) is 0 Å². The van der Waals surface area contributed by atoms with Crippen molar-refractivity contribution in [3.05, 3.63) is 115 Å². The van der Waals surface area contributed by atoms with Gasteiger partial charge in [-0.2, -0.15) is 0 Å². The summed E-state index contributed by atoms with van der Waals surface area (Å²) in [6.07, 6.45) is 0. The lowest BCUT2D eigenvalue weighted by Gasteiger charge is -2.06. The first-order valence-corrected chi connectivity index (χ1v) is 13.0. The first-order valence-electron chi connectivity index (χ1n) is 11.3. The van der Waals surface area contributed by atoms with Gasteiger partial charge in [0.05, 0.1) is 9.75 Å². The third-order valence-corrected chi connectivity index (χ3v) is 8.85. The fourth-order valence-corrected chi connectivity index (χ4v) is 6.75. The molecule has 0 N–H and O–H groups in total. The van der Waals surface area contributed by atoms with Gasteiger partial charge in [-0.25, -0.2) is 43.9 Å². The van der Waals surface area contributed by atoms with Crippen LogP contribution < -0.4 is 0 Å². The molecule has 0 saturated heterocycles. The van der Waals surface area contributed by atoms with Crippen molar-refractivity contribution in [2.75, 3.05) is 0 Å². The van der Waals surface area contributed by atoms with E-state index < -0.39 is 80.9 Å². The minimum atomic E-state index is -2.41. The highest BCUT2D eigenvalue weighted by Crippen LogP contribution is 2.40. The average Bonchev–Trinajstić information content (AvgIpc) is 3.62. The normalized spacial score (nSPS) is 11.8. The van der Waals surface area contributed by atoms with E-state index >= 15 is 0 Å². The second-order valence-electron chi connectivity index (χ2n) is 8.83. The second kappa shape index (κ2) is 9.63. The highest BCUT2D eigenvalue weighted by Gasteiger charge is 2.32. The molecule has 6 rings (SSSR count). The fourth-order valence-electron chi connectivity index (χ4n) is 4.48. The second-order valence-corrected chi connectivity index (χ2v) is 10.9. The lowest BCUT2D eigenvalue weighted by molar-refractivity contribution is 0.102. The van der Waals surface area contributed by atoms with E-state index in [-0.39, 0.29) is 9.75 Å². The van der Waals surface area contributed by atoms with E-state index in [9.17, 15) is 53.5 Å². The molecule has 0 aliphatic rings. The smallest absolute Gasteiger partial charge is 0.209 e. The van der Waals surface area contributed by atoms with E-state index in [1.54, 1.807) is 0 Å². The summed E-state index contributed by atoms with van der Waals surface area (Å²) in [4.78, 5) is 25.0. The van der Waals surface area contributed by atoms with Crippen LogP contribution in [0.5, 0.6) is 0 Å². The molecule has 212 valence electrons. The third kappa shape index (κ3) is 3.85. The number of carbonyl (C=O) groups is 2. The molecule has 2 aromatic heterocycles. The number of carbonyl (C=O) groups excluding carboxylic acids is 2. The molecule has 14 heteroatoms. The molecule has 0 atom stereocenters. The van der Waals surface area contributed by atoms with Gasteiger partial charge in [0.2, 0.25) is 23.2 Å². The number of benzene rings is 4. The van der Waals surface area contributed by atoms with Crippen LogP contribution in [0.25, 0.3) is 30.9 Å². The maximum Gasteiger partial charge on any atom is 0.209 e. The van der Waals surface area contributed by atoms with Crippen molar-refractivity contribution in [2.24, 2.45) is 0 Å². The van der Waals surface area contributed by atoms with Crippen LogP contribution >= 0.6 is 22.7 Å². The Labute approximate surface area is 234 Å². The zero-order valence-corrected chi connectivity index (χ0v) is 21.5. The largest absolute Gasteiger partial charge is 0.287 e. The van der Waals surface area contributed by atoms with Crippen molar-refractivity contribution in [3.63, 3.8) is 0 Å². The van der Waals surface area contributed by atoms with Crippen molar-refractivity contribution in [1.82, 2.24) is 0 Å². The Hall–Kier alpha value is -4.30. The van der Waals surface area contributed by atoms with Gasteiger partial charge in [0, 0.05) is 20.2 Å².